The molecule has 1 aliphatic rings. The van der Waals surface area contributed by atoms with Crippen LogP contribution in [-0.2, 0) is 9.53 Å². The molecule has 0 spiro atoms. The predicted molar refractivity (Wildman–Crippen MR) is 83.5 cm³/mol. The quantitative estimate of drug-likeness (QED) is 0.432. The first-order valence-corrected chi connectivity index (χ1v) is 7.59. The molecule has 8 nitrogen and oxygen atoms in total. The highest BCUT2D eigenvalue weighted by Crippen LogP contribution is 2.16. The van der Waals surface area contributed by atoms with Crippen molar-refractivity contribution in [1.82, 2.24) is 10.2 Å². The van der Waals surface area contributed by atoms with Gasteiger partial charge in [0, 0.05) is 31.8 Å². The zero-order valence-electron chi connectivity index (χ0n) is 12.9. The van der Waals surface area contributed by atoms with Crippen molar-refractivity contribution < 1.29 is 19.2 Å². The second kappa shape index (κ2) is 9.06. The first-order chi connectivity index (χ1) is 11.1. The van der Waals surface area contributed by atoms with Crippen molar-refractivity contribution in [3.05, 3.63) is 34.4 Å². The van der Waals surface area contributed by atoms with Crippen LogP contribution in [0.3, 0.4) is 0 Å². The van der Waals surface area contributed by atoms with Gasteiger partial charge in [-0.25, -0.2) is 0 Å². The Bertz CT molecular complexity index is 514. The van der Waals surface area contributed by atoms with Gasteiger partial charge in [-0.15, -0.1) is 0 Å². The van der Waals surface area contributed by atoms with Gasteiger partial charge in [-0.2, -0.15) is 0 Å². The van der Waals surface area contributed by atoms with Gasteiger partial charge in [0.1, 0.15) is 5.75 Å². The maximum Gasteiger partial charge on any atom is 0.269 e. The lowest BCUT2D eigenvalue weighted by Crippen LogP contribution is -2.38. The molecule has 1 N–H and O–H groups in total. The Labute approximate surface area is 134 Å². The van der Waals surface area contributed by atoms with Gasteiger partial charge in [0.2, 0.25) is 0 Å². The summed E-state index contributed by atoms with van der Waals surface area (Å²) in [5.74, 6) is 0.226. The van der Waals surface area contributed by atoms with Crippen LogP contribution in [0.1, 0.15) is 6.42 Å². The number of ether oxygens (including phenoxy) is 2. The van der Waals surface area contributed by atoms with E-state index in [2.05, 4.69) is 10.2 Å². The fraction of sp³-hybridized carbons (Fsp3) is 0.533. The van der Waals surface area contributed by atoms with Gasteiger partial charge < -0.3 is 14.8 Å². The number of rotatable bonds is 8. The number of morpholine rings is 1. The van der Waals surface area contributed by atoms with Crippen molar-refractivity contribution in [2.75, 3.05) is 46.0 Å². The Balaban J connectivity index is 1.58. The smallest absolute Gasteiger partial charge is 0.269 e. The number of carbonyl (C=O) groups excluding carboxylic acids is 1. The van der Waals surface area contributed by atoms with Gasteiger partial charge in [0.15, 0.2) is 6.61 Å². The van der Waals surface area contributed by atoms with E-state index in [1.54, 1.807) is 0 Å². The van der Waals surface area contributed by atoms with Crippen molar-refractivity contribution in [3.8, 4) is 5.75 Å². The molecule has 0 unspecified atom stereocenters. The topological polar surface area (TPSA) is 93.9 Å². The molecule has 0 aliphatic carbocycles. The number of hydrogen-bond donors (Lipinski definition) is 1. The molecule has 0 aromatic heterocycles. The molecule has 1 heterocycles. The summed E-state index contributed by atoms with van der Waals surface area (Å²) in [6.07, 6.45) is 0.878. The Morgan fingerprint density at radius 3 is 2.65 bits per heavy atom. The van der Waals surface area contributed by atoms with Crippen molar-refractivity contribution in [3.63, 3.8) is 0 Å². The number of amides is 1. The van der Waals surface area contributed by atoms with E-state index in [-0.39, 0.29) is 18.2 Å². The zero-order chi connectivity index (χ0) is 16.5. The summed E-state index contributed by atoms with van der Waals surface area (Å²) in [4.78, 5) is 24.0. The standard InChI is InChI=1S/C15H21N3O5/c19-15(16-6-1-7-17-8-10-22-11-9-17)12-23-14-4-2-13(3-5-14)18(20)21/h2-5H,1,6-12H2,(H,16,19). The molecule has 1 aliphatic heterocycles. The summed E-state index contributed by atoms with van der Waals surface area (Å²) in [7, 11) is 0. The molecule has 1 aromatic carbocycles. The van der Waals surface area contributed by atoms with Gasteiger partial charge in [-0.3, -0.25) is 19.8 Å². The summed E-state index contributed by atoms with van der Waals surface area (Å²) < 4.78 is 10.6. The van der Waals surface area contributed by atoms with Gasteiger partial charge in [-0.05, 0) is 25.1 Å². The lowest BCUT2D eigenvalue weighted by molar-refractivity contribution is -0.384. The maximum atomic E-state index is 11.7. The summed E-state index contributed by atoms with van der Waals surface area (Å²) >= 11 is 0. The molecule has 1 fully saturated rings. The summed E-state index contributed by atoms with van der Waals surface area (Å²) in [5.41, 5.74) is -0.00934. The van der Waals surface area contributed by atoms with E-state index in [4.69, 9.17) is 9.47 Å². The van der Waals surface area contributed by atoms with Gasteiger partial charge in [0.25, 0.3) is 11.6 Å². The summed E-state index contributed by atoms with van der Waals surface area (Å²) in [5, 5.41) is 13.3. The number of nitro groups is 1. The highest BCUT2D eigenvalue weighted by atomic mass is 16.6. The maximum absolute atomic E-state index is 11.7. The molecule has 1 aromatic rings. The Hall–Kier alpha value is -2.19. The van der Waals surface area contributed by atoms with E-state index < -0.39 is 4.92 Å². The molecule has 0 bridgehead atoms. The Kier molecular flexibility index (Phi) is 6.76. The lowest BCUT2D eigenvalue weighted by Gasteiger charge is -2.26. The minimum absolute atomic E-state index is 0.00934. The van der Waals surface area contributed by atoms with Crippen molar-refractivity contribution in [1.29, 1.82) is 0 Å². The molecular formula is C15H21N3O5. The van der Waals surface area contributed by atoms with E-state index in [0.29, 0.717) is 12.3 Å². The van der Waals surface area contributed by atoms with Crippen LogP contribution in [-0.4, -0.2) is 61.7 Å². The Morgan fingerprint density at radius 2 is 2.00 bits per heavy atom. The molecule has 0 atom stereocenters. The van der Waals surface area contributed by atoms with Crippen molar-refractivity contribution in [2.45, 2.75) is 6.42 Å². The highest BCUT2D eigenvalue weighted by Gasteiger charge is 2.10. The highest BCUT2D eigenvalue weighted by molar-refractivity contribution is 5.77. The summed E-state index contributed by atoms with van der Waals surface area (Å²) in [6.45, 7) is 4.86. The number of hydrogen-bond acceptors (Lipinski definition) is 6. The lowest BCUT2D eigenvalue weighted by atomic mass is 10.3. The number of nitro benzene ring substituents is 1. The van der Waals surface area contributed by atoms with E-state index in [0.717, 1.165) is 39.3 Å². The molecular weight excluding hydrogens is 302 g/mol. The van der Waals surface area contributed by atoms with Crippen LogP contribution < -0.4 is 10.1 Å². The van der Waals surface area contributed by atoms with Crippen molar-refractivity contribution >= 4 is 11.6 Å². The molecule has 1 saturated heterocycles. The molecule has 1 amide bonds. The van der Waals surface area contributed by atoms with Gasteiger partial charge >= 0.3 is 0 Å². The third-order valence-electron chi connectivity index (χ3n) is 3.49. The van der Waals surface area contributed by atoms with Crippen LogP contribution in [0.25, 0.3) is 0 Å². The van der Waals surface area contributed by atoms with Crippen LogP contribution in [0.15, 0.2) is 24.3 Å². The van der Waals surface area contributed by atoms with Crippen LogP contribution >= 0.6 is 0 Å². The van der Waals surface area contributed by atoms with Crippen LogP contribution in [0.2, 0.25) is 0 Å². The normalized spacial score (nSPS) is 15.1. The van der Waals surface area contributed by atoms with Gasteiger partial charge in [-0.1, -0.05) is 0 Å². The number of non-ortho nitro benzene ring substituents is 1. The molecule has 0 saturated carbocycles. The largest absolute Gasteiger partial charge is 0.484 e. The first kappa shape index (κ1) is 17.2. The third kappa shape index (κ3) is 6.21. The van der Waals surface area contributed by atoms with Crippen LogP contribution in [0.4, 0.5) is 5.69 Å². The monoisotopic (exact) mass is 323 g/mol. The predicted octanol–water partition coefficient (Wildman–Crippen LogP) is 0.812. The molecule has 8 heteroatoms. The Morgan fingerprint density at radius 1 is 1.30 bits per heavy atom. The fourth-order valence-electron chi connectivity index (χ4n) is 2.22. The minimum atomic E-state index is -0.481. The molecule has 23 heavy (non-hydrogen) atoms. The van der Waals surface area contributed by atoms with E-state index >= 15 is 0 Å². The summed E-state index contributed by atoms with van der Waals surface area (Å²) in [6, 6.07) is 5.64. The first-order valence-electron chi connectivity index (χ1n) is 7.59. The van der Waals surface area contributed by atoms with E-state index in [9.17, 15) is 14.9 Å². The van der Waals surface area contributed by atoms with Gasteiger partial charge in [0.05, 0.1) is 18.1 Å². The SMILES string of the molecule is O=C(COc1ccc([N+](=O)[O-])cc1)NCCCN1CCOCC1. The minimum Gasteiger partial charge on any atom is -0.484 e. The number of nitrogens with zero attached hydrogens (tertiary/aromatic N) is 2. The number of nitrogens with one attached hydrogen (secondary N) is 1. The zero-order valence-corrected chi connectivity index (χ0v) is 12.9. The second-order valence-electron chi connectivity index (χ2n) is 5.20. The molecule has 126 valence electrons. The molecule has 2 rings (SSSR count). The second-order valence-corrected chi connectivity index (χ2v) is 5.20. The molecule has 0 radical (unpaired) electrons. The number of benzene rings is 1. The van der Waals surface area contributed by atoms with Crippen LogP contribution in [0, 0.1) is 10.1 Å². The fourth-order valence-corrected chi connectivity index (χ4v) is 2.22. The van der Waals surface area contributed by atoms with E-state index in [1.165, 1.54) is 24.3 Å². The average Bonchev–Trinajstić information content (AvgIpc) is 2.58. The van der Waals surface area contributed by atoms with Crippen molar-refractivity contribution in [2.24, 2.45) is 0 Å². The van der Waals surface area contributed by atoms with E-state index in [1.807, 2.05) is 0 Å². The average molecular weight is 323 g/mol. The number of carbonyl (C=O) groups is 1. The van der Waals surface area contributed by atoms with Crippen LogP contribution in [0.5, 0.6) is 5.75 Å². The third-order valence-corrected chi connectivity index (χ3v) is 3.49.